The minimum atomic E-state index is -3.65. The Bertz CT molecular complexity index is 1100. The van der Waals surface area contributed by atoms with Gasteiger partial charge in [-0.25, -0.2) is 13.2 Å². The third-order valence-corrected chi connectivity index (χ3v) is 7.34. The molecule has 1 saturated heterocycles. The molecular formula is C22H25ClN2O5S. The second-order valence-electron chi connectivity index (χ2n) is 7.31. The predicted molar refractivity (Wildman–Crippen MR) is 119 cm³/mol. The zero-order valence-electron chi connectivity index (χ0n) is 17.5. The molecule has 0 atom stereocenters. The lowest BCUT2D eigenvalue weighted by Gasteiger charge is -2.26. The molecule has 0 aliphatic carbocycles. The Balaban J connectivity index is 1.83. The number of rotatable bonds is 6. The van der Waals surface area contributed by atoms with Crippen LogP contribution in [-0.2, 0) is 14.8 Å². The van der Waals surface area contributed by atoms with Crippen LogP contribution in [0.4, 0.5) is 5.69 Å². The van der Waals surface area contributed by atoms with Crippen LogP contribution in [-0.4, -0.2) is 44.3 Å². The van der Waals surface area contributed by atoms with Crippen molar-refractivity contribution in [1.29, 1.82) is 0 Å². The van der Waals surface area contributed by atoms with Crippen molar-refractivity contribution in [3.63, 3.8) is 0 Å². The van der Waals surface area contributed by atoms with Crippen molar-refractivity contribution < 1.29 is 22.7 Å². The fourth-order valence-corrected chi connectivity index (χ4v) is 5.23. The van der Waals surface area contributed by atoms with Crippen molar-refractivity contribution in [2.75, 3.05) is 25.0 Å². The van der Waals surface area contributed by atoms with Gasteiger partial charge < -0.3 is 10.1 Å². The molecule has 1 aliphatic rings. The molecule has 2 aromatic carbocycles. The smallest absolute Gasteiger partial charge is 0.339 e. The number of benzene rings is 2. The van der Waals surface area contributed by atoms with E-state index >= 15 is 0 Å². The van der Waals surface area contributed by atoms with Crippen LogP contribution in [0.1, 0.15) is 52.5 Å². The number of halogens is 1. The Labute approximate surface area is 187 Å². The molecule has 0 saturated carbocycles. The number of anilines is 1. The van der Waals surface area contributed by atoms with Gasteiger partial charge in [0.25, 0.3) is 5.91 Å². The molecule has 0 aromatic heterocycles. The van der Waals surface area contributed by atoms with Crippen LogP contribution in [0.3, 0.4) is 0 Å². The van der Waals surface area contributed by atoms with E-state index in [1.54, 1.807) is 26.0 Å². The topological polar surface area (TPSA) is 92.8 Å². The number of carbonyl (C=O) groups is 2. The standard InChI is InChI=1S/C22H25ClN2O5S/c1-3-30-22(27)18-10-8-16(13-20(18)23)24-21(26)19-14-17(9-7-15(19)2)31(28,29)25-11-5-4-6-12-25/h7-10,13-14H,3-6,11-12H2,1-2H3,(H,24,26). The maximum atomic E-state index is 13.0. The van der Waals surface area contributed by atoms with Crippen LogP contribution < -0.4 is 5.32 Å². The lowest BCUT2D eigenvalue weighted by Crippen LogP contribution is -2.35. The first-order valence-electron chi connectivity index (χ1n) is 10.1. The fraction of sp³-hybridized carbons (Fsp3) is 0.364. The van der Waals surface area contributed by atoms with Gasteiger partial charge in [0.05, 0.1) is 22.1 Å². The lowest BCUT2D eigenvalue weighted by atomic mass is 10.1. The van der Waals surface area contributed by atoms with Crippen molar-refractivity contribution in [1.82, 2.24) is 4.31 Å². The number of hydrogen-bond donors (Lipinski definition) is 1. The molecule has 7 nitrogen and oxygen atoms in total. The minimum absolute atomic E-state index is 0.0980. The number of nitrogens with one attached hydrogen (secondary N) is 1. The van der Waals surface area contributed by atoms with Crippen molar-refractivity contribution >= 4 is 39.2 Å². The number of esters is 1. The predicted octanol–water partition coefficient (Wildman–Crippen LogP) is 4.25. The molecule has 1 heterocycles. The van der Waals surface area contributed by atoms with Crippen molar-refractivity contribution in [3.8, 4) is 0 Å². The third-order valence-electron chi connectivity index (χ3n) is 5.13. The number of ether oxygens (including phenoxy) is 1. The van der Waals surface area contributed by atoms with E-state index in [9.17, 15) is 18.0 Å². The first-order valence-corrected chi connectivity index (χ1v) is 11.9. The Morgan fingerprint density at radius 1 is 1.06 bits per heavy atom. The molecule has 31 heavy (non-hydrogen) atoms. The number of amides is 1. The molecular weight excluding hydrogens is 440 g/mol. The van der Waals surface area contributed by atoms with Gasteiger partial charge >= 0.3 is 5.97 Å². The molecule has 3 rings (SSSR count). The van der Waals surface area contributed by atoms with E-state index in [1.807, 2.05) is 0 Å². The summed E-state index contributed by atoms with van der Waals surface area (Å²) in [5.41, 5.74) is 1.48. The average molecular weight is 465 g/mol. The summed E-state index contributed by atoms with van der Waals surface area (Å²) in [6, 6.07) is 9.03. The number of nitrogens with zero attached hydrogens (tertiary/aromatic N) is 1. The van der Waals surface area contributed by atoms with Gasteiger partial charge in [0, 0.05) is 24.3 Å². The zero-order valence-corrected chi connectivity index (χ0v) is 19.1. The van der Waals surface area contributed by atoms with Crippen LogP contribution >= 0.6 is 11.6 Å². The van der Waals surface area contributed by atoms with Gasteiger partial charge in [-0.2, -0.15) is 4.31 Å². The summed E-state index contributed by atoms with van der Waals surface area (Å²) in [6.45, 7) is 4.64. The monoisotopic (exact) mass is 464 g/mol. The van der Waals surface area contributed by atoms with Gasteiger partial charge in [-0.1, -0.05) is 24.1 Å². The van der Waals surface area contributed by atoms with E-state index in [2.05, 4.69) is 5.32 Å². The maximum absolute atomic E-state index is 13.0. The van der Waals surface area contributed by atoms with Crippen molar-refractivity contribution in [3.05, 3.63) is 58.1 Å². The molecule has 2 aromatic rings. The SMILES string of the molecule is CCOC(=O)c1ccc(NC(=O)c2cc(S(=O)(=O)N3CCCCC3)ccc2C)cc1Cl. The van der Waals surface area contributed by atoms with E-state index in [4.69, 9.17) is 16.3 Å². The van der Waals surface area contributed by atoms with Gasteiger partial charge in [0.15, 0.2) is 0 Å². The van der Waals surface area contributed by atoms with E-state index in [1.165, 1.54) is 28.6 Å². The third kappa shape index (κ3) is 5.26. The first kappa shape index (κ1) is 23.2. The summed E-state index contributed by atoms with van der Waals surface area (Å²) in [5.74, 6) is -1.01. The van der Waals surface area contributed by atoms with Gasteiger partial charge in [-0.3, -0.25) is 4.79 Å². The molecule has 1 fully saturated rings. The maximum Gasteiger partial charge on any atom is 0.339 e. The number of hydrogen-bond acceptors (Lipinski definition) is 5. The van der Waals surface area contributed by atoms with Crippen LogP contribution in [0.15, 0.2) is 41.3 Å². The highest BCUT2D eigenvalue weighted by molar-refractivity contribution is 7.89. The van der Waals surface area contributed by atoms with E-state index in [0.717, 1.165) is 19.3 Å². The molecule has 0 radical (unpaired) electrons. The molecule has 9 heteroatoms. The van der Waals surface area contributed by atoms with Gasteiger partial charge in [-0.05, 0) is 62.6 Å². The molecule has 0 unspecified atom stereocenters. The summed E-state index contributed by atoms with van der Waals surface area (Å²) in [5, 5.41) is 2.86. The summed E-state index contributed by atoms with van der Waals surface area (Å²) in [7, 11) is -3.65. The summed E-state index contributed by atoms with van der Waals surface area (Å²) in [4.78, 5) is 24.8. The Kier molecular flexibility index (Phi) is 7.35. The number of piperidine rings is 1. The van der Waals surface area contributed by atoms with E-state index < -0.39 is 21.9 Å². The number of carbonyl (C=O) groups excluding carboxylic acids is 2. The van der Waals surface area contributed by atoms with E-state index in [-0.39, 0.29) is 27.7 Å². The number of aryl methyl sites for hydroxylation is 1. The average Bonchev–Trinajstić information content (AvgIpc) is 2.74. The Hall–Kier alpha value is -2.42. The Morgan fingerprint density at radius 3 is 2.42 bits per heavy atom. The van der Waals surface area contributed by atoms with Crippen LogP contribution in [0.25, 0.3) is 0 Å². The second-order valence-corrected chi connectivity index (χ2v) is 9.66. The first-order chi connectivity index (χ1) is 14.7. The molecule has 166 valence electrons. The molecule has 1 aliphatic heterocycles. The van der Waals surface area contributed by atoms with Crippen LogP contribution in [0.2, 0.25) is 5.02 Å². The largest absolute Gasteiger partial charge is 0.462 e. The van der Waals surface area contributed by atoms with Crippen LogP contribution in [0.5, 0.6) is 0 Å². The van der Waals surface area contributed by atoms with Gasteiger partial charge in [0.1, 0.15) is 0 Å². The molecule has 0 bridgehead atoms. The van der Waals surface area contributed by atoms with Crippen LogP contribution in [0, 0.1) is 6.92 Å². The zero-order chi connectivity index (χ0) is 22.6. The quantitative estimate of drug-likeness (QED) is 0.645. The van der Waals surface area contributed by atoms with Gasteiger partial charge in [0.2, 0.25) is 10.0 Å². The highest BCUT2D eigenvalue weighted by atomic mass is 35.5. The highest BCUT2D eigenvalue weighted by Gasteiger charge is 2.27. The molecule has 1 amide bonds. The molecule has 0 spiro atoms. The number of sulfonamides is 1. The van der Waals surface area contributed by atoms with E-state index in [0.29, 0.717) is 24.3 Å². The summed E-state index contributed by atoms with van der Waals surface area (Å²) >= 11 is 6.15. The molecule has 1 N–H and O–H groups in total. The summed E-state index contributed by atoms with van der Waals surface area (Å²) in [6.07, 6.45) is 2.69. The fourth-order valence-electron chi connectivity index (χ4n) is 3.43. The van der Waals surface area contributed by atoms with Crippen molar-refractivity contribution in [2.24, 2.45) is 0 Å². The second kappa shape index (κ2) is 9.80. The minimum Gasteiger partial charge on any atom is -0.462 e. The van der Waals surface area contributed by atoms with Crippen molar-refractivity contribution in [2.45, 2.75) is 38.0 Å². The van der Waals surface area contributed by atoms with Gasteiger partial charge in [-0.15, -0.1) is 0 Å². The normalized spacial score (nSPS) is 14.8. The Morgan fingerprint density at radius 2 is 1.77 bits per heavy atom. The highest BCUT2D eigenvalue weighted by Crippen LogP contribution is 2.25. The summed E-state index contributed by atoms with van der Waals surface area (Å²) < 4.78 is 32.3. The lowest BCUT2D eigenvalue weighted by molar-refractivity contribution is 0.0526.